The number of amides is 1. The van der Waals surface area contributed by atoms with Crippen LogP contribution in [0.2, 0.25) is 0 Å². The molecular weight excluding hydrogens is 304 g/mol. The summed E-state index contributed by atoms with van der Waals surface area (Å²) >= 11 is 0. The smallest absolute Gasteiger partial charge is 0.227 e. The van der Waals surface area contributed by atoms with E-state index in [1.54, 1.807) is 14.2 Å². The summed E-state index contributed by atoms with van der Waals surface area (Å²) in [4.78, 5) is 12.4. The first-order valence-corrected chi connectivity index (χ1v) is 7.29. The van der Waals surface area contributed by atoms with Gasteiger partial charge in [0, 0.05) is 18.7 Å². The fraction of sp³-hybridized carbons (Fsp3) is 0.562. The van der Waals surface area contributed by atoms with E-state index in [2.05, 4.69) is 10.6 Å². The van der Waals surface area contributed by atoms with Gasteiger partial charge in [0.1, 0.15) is 11.5 Å². The predicted octanol–water partition coefficient (Wildman–Crippen LogP) is 2.13. The molecule has 0 aliphatic carbocycles. The lowest BCUT2D eigenvalue weighted by Gasteiger charge is -2.32. The Bertz CT molecular complexity index is 502. The van der Waals surface area contributed by atoms with Crippen LogP contribution in [-0.4, -0.2) is 33.2 Å². The standard InChI is InChI=1S/C16H24N2O3.ClH/c1-16(7-4-8-17-11-16)15(19)18-10-12-9-13(20-2)5-6-14(12)21-3;/h5-6,9,17H,4,7-8,10-11H2,1-3H3,(H,18,19);1H. The summed E-state index contributed by atoms with van der Waals surface area (Å²) in [6, 6.07) is 5.58. The first kappa shape index (κ1) is 18.6. The van der Waals surface area contributed by atoms with Crippen molar-refractivity contribution in [3.8, 4) is 11.5 Å². The van der Waals surface area contributed by atoms with Crippen LogP contribution in [0, 0.1) is 5.41 Å². The SMILES string of the molecule is COc1ccc(OC)c(CNC(=O)C2(C)CCCNC2)c1.Cl. The van der Waals surface area contributed by atoms with Crippen molar-refractivity contribution in [1.29, 1.82) is 0 Å². The summed E-state index contributed by atoms with van der Waals surface area (Å²) in [6.07, 6.45) is 1.95. The van der Waals surface area contributed by atoms with Crippen molar-refractivity contribution in [2.24, 2.45) is 5.41 Å². The normalized spacial score (nSPS) is 20.7. The number of hydrogen-bond donors (Lipinski definition) is 2. The van der Waals surface area contributed by atoms with Gasteiger partial charge in [-0.05, 0) is 44.5 Å². The maximum atomic E-state index is 12.4. The van der Waals surface area contributed by atoms with Gasteiger partial charge in [0.2, 0.25) is 5.91 Å². The highest BCUT2D eigenvalue weighted by molar-refractivity contribution is 5.85. The van der Waals surface area contributed by atoms with Gasteiger partial charge in [-0.1, -0.05) is 0 Å². The molecule has 1 aromatic carbocycles. The molecule has 1 aliphatic heterocycles. The minimum Gasteiger partial charge on any atom is -0.497 e. The van der Waals surface area contributed by atoms with Crippen molar-refractivity contribution in [1.82, 2.24) is 10.6 Å². The van der Waals surface area contributed by atoms with Gasteiger partial charge in [0.15, 0.2) is 0 Å². The number of hydrogen-bond acceptors (Lipinski definition) is 4. The fourth-order valence-corrected chi connectivity index (χ4v) is 2.66. The lowest BCUT2D eigenvalue weighted by molar-refractivity contribution is -0.131. The Morgan fingerprint density at radius 2 is 2.14 bits per heavy atom. The number of methoxy groups -OCH3 is 2. The monoisotopic (exact) mass is 328 g/mol. The summed E-state index contributed by atoms with van der Waals surface area (Å²) in [5.41, 5.74) is 0.585. The van der Waals surface area contributed by atoms with Crippen LogP contribution in [0.4, 0.5) is 0 Å². The van der Waals surface area contributed by atoms with Gasteiger partial charge in [0.25, 0.3) is 0 Å². The third-order valence-electron chi connectivity index (χ3n) is 4.07. The molecule has 1 unspecified atom stereocenters. The summed E-state index contributed by atoms with van der Waals surface area (Å²) < 4.78 is 10.5. The van der Waals surface area contributed by atoms with Gasteiger partial charge < -0.3 is 20.1 Å². The van der Waals surface area contributed by atoms with Crippen LogP contribution >= 0.6 is 12.4 Å². The number of piperidine rings is 1. The van der Waals surface area contributed by atoms with Crippen molar-refractivity contribution >= 4 is 18.3 Å². The van der Waals surface area contributed by atoms with E-state index in [9.17, 15) is 4.79 Å². The van der Waals surface area contributed by atoms with Crippen LogP contribution in [0.5, 0.6) is 11.5 Å². The van der Waals surface area contributed by atoms with E-state index in [0.717, 1.165) is 43.0 Å². The number of nitrogens with one attached hydrogen (secondary N) is 2. The zero-order valence-electron chi connectivity index (χ0n) is 13.4. The zero-order chi connectivity index (χ0) is 15.3. The van der Waals surface area contributed by atoms with Gasteiger partial charge in [-0.15, -0.1) is 12.4 Å². The molecule has 1 aromatic rings. The molecule has 0 aromatic heterocycles. The largest absolute Gasteiger partial charge is 0.497 e. The van der Waals surface area contributed by atoms with E-state index in [1.165, 1.54) is 0 Å². The van der Waals surface area contributed by atoms with E-state index in [-0.39, 0.29) is 23.7 Å². The molecule has 1 heterocycles. The Labute approximate surface area is 138 Å². The zero-order valence-corrected chi connectivity index (χ0v) is 14.2. The van der Waals surface area contributed by atoms with Crippen LogP contribution in [-0.2, 0) is 11.3 Å². The first-order valence-electron chi connectivity index (χ1n) is 7.29. The van der Waals surface area contributed by atoms with Crippen molar-refractivity contribution in [2.75, 3.05) is 27.3 Å². The summed E-state index contributed by atoms with van der Waals surface area (Å²) in [5, 5.41) is 6.31. The first-order chi connectivity index (χ1) is 10.1. The summed E-state index contributed by atoms with van der Waals surface area (Å²) in [7, 11) is 3.25. The molecule has 1 saturated heterocycles. The molecule has 1 amide bonds. The lowest BCUT2D eigenvalue weighted by Crippen LogP contribution is -2.48. The second-order valence-corrected chi connectivity index (χ2v) is 5.70. The lowest BCUT2D eigenvalue weighted by atomic mass is 9.82. The Balaban J connectivity index is 0.00000242. The molecule has 5 nitrogen and oxygen atoms in total. The second-order valence-electron chi connectivity index (χ2n) is 5.70. The Hall–Kier alpha value is -1.46. The number of halogens is 1. The van der Waals surface area contributed by atoms with Crippen molar-refractivity contribution < 1.29 is 14.3 Å². The van der Waals surface area contributed by atoms with Crippen LogP contribution in [0.3, 0.4) is 0 Å². The molecule has 6 heteroatoms. The predicted molar refractivity (Wildman–Crippen MR) is 88.9 cm³/mol. The Morgan fingerprint density at radius 3 is 2.73 bits per heavy atom. The Kier molecular flexibility index (Phi) is 6.97. The fourth-order valence-electron chi connectivity index (χ4n) is 2.66. The molecular formula is C16H25ClN2O3. The highest BCUT2D eigenvalue weighted by Crippen LogP contribution is 2.27. The third-order valence-corrected chi connectivity index (χ3v) is 4.07. The minimum atomic E-state index is -0.329. The van der Waals surface area contributed by atoms with Crippen LogP contribution in [0.1, 0.15) is 25.3 Å². The van der Waals surface area contributed by atoms with Crippen molar-refractivity contribution in [3.63, 3.8) is 0 Å². The second kappa shape index (κ2) is 8.25. The van der Waals surface area contributed by atoms with Gasteiger partial charge in [-0.25, -0.2) is 0 Å². The molecule has 124 valence electrons. The van der Waals surface area contributed by atoms with E-state index in [1.807, 2.05) is 25.1 Å². The number of carbonyl (C=O) groups excluding carboxylic acids is 1. The molecule has 0 bridgehead atoms. The van der Waals surface area contributed by atoms with Crippen LogP contribution in [0.25, 0.3) is 0 Å². The van der Waals surface area contributed by atoms with Crippen molar-refractivity contribution in [2.45, 2.75) is 26.3 Å². The quantitative estimate of drug-likeness (QED) is 0.869. The van der Waals surface area contributed by atoms with Crippen LogP contribution in [0.15, 0.2) is 18.2 Å². The maximum absolute atomic E-state index is 12.4. The molecule has 0 spiro atoms. The van der Waals surface area contributed by atoms with Crippen LogP contribution < -0.4 is 20.1 Å². The van der Waals surface area contributed by atoms with Crippen molar-refractivity contribution in [3.05, 3.63) is 23.8 Å². The molecule has 1 fully saturated rings. The van der Waals surface area contributed by atoms with E-state index >= 15 is 0 Å². The van der Waals surface area contributed by atoms with E-state index in [4.69, 9.17) is 9.47 Å². The minimum absolute atomic E-state index is 0. The van der Waals surface area contributed by atoms with E-state index in [0.29, 0.717) is 6.54 Å². The molecule has 22 heavy (non-hydrogen) atoms. The molecule has 0 saturated carbocycles. The van der Waals surface area contributed by atoms with Gasteiger partial charge in [0.05, 0.1) is 19.6 Å². The average molecular weight is 329 g/mol. The number of rotatable bonds is 5. The molecule has 2 N–H and O–H groups in total. The highest BCUT2D eigenvalue weighted by Gasteiger charge is 2.34. The van der Waals surface area contributed by atoms with Gasteiger partial charge in [-0.3, -0.25) is 4.79 Å². The van der Waals surface area contributed by atoms with E-state index < -0.39 is 0 Å². The average Bonchev–Trinajstić information content (AvgIpc) is 2.52. The topological polar surface area (TPSA) is 59.6 Å². The molecule has 1 atom stereocenters. The third kappa shape index (κ3) is 4.27. The highest BCUT2D eigenvalue weighted by atomic mass is 35.5. The maximum Gasteiger partial charge on any atom is 0.227 e. The van der Waals surface area contributed by atoms with Gasteiger partial charge >= 0.3 is 0 Å². The molecule has 2 rings (SSSR count). The number of ether oxygens (including phenoxy) is 2. The number of carbonyl (C=O) groups is 1. The van der Waals surface area contributed by atoms with Gasteiger partial charge in [-0.2, -0.15) is 0 Å². The number of benzene rings is 1. The summed E-state index contributed by atoms with van der Waals surface area (Å²) in [5.74, 6) is 1.59. The summed E-state index contributed by atoms with van der Waals surface area (Å²) in [6.45, 7) is 4.17. The Morgan fingerprint density at radius 1 is 1.36 bits per heavy atom. The molecule has 0 radical (unpaired) electrons. The molecule has 1 aliphatic rings.